The fraction of sp³-hybridized carbons (Fsp3) is 0.0500. The van der Waals surface area contributed by atoms with Crippen molar-refractivity contribution in [1.82, 2.24) is 9.97 Å². The smallest absolute Gasteiger partial charge is 0.264 e. The molecule has 0 bridgehead atoms. The second kappa shape index (κ2) is 9.05. The minimum Gasteiger partial charge on any atom is -0.508 e. The lowest BCUT2D eigenvalue weighted by Crippen LogP contribution is -2.15. The van der Waals surface area contributed by atoms with E-state index >= 15 is 0 Å². The molecule has 3 N–H and O–H groups in total. The van der Waals surface area contributed by atoms with Crippen LogP contribution in [-0.4, -0.2) is 36.5 Å². The third kappa shape index (κ3) is 5.55. The van der Waals surface area contributed by atoms with Crippen LogP contribution in [0.1, 0.15) is 5.56 Å². The van der Waals surface area contributed by atoms with Gasteiger partial charge in [0.05, 0.1) is 24.4 Å². The van der Waals surface area contributed by atoms with Gasteiger partial charge in [-0.1, -0.05) is 12.1 Å². The molecule has 3 aromatic rings. The van der Waals surface area contributed by atoms with E-state index in [1.807, 2.05) is 0 Å². The summed E-state index contributed by atoms with van der Waals surface area (Å²) in [6.45, 7) is 0. The van der Waals surface area contributed by atoms with Crippen LogP contribution in [0.5, 0.6) is 11.5 Å². The lowest BCUT2D eigenvalue weighted by Gasteiger charge is -2.08. The summed E-state index contributed by atoms with van der Waals surface area (Å²) in [5.74, 6) is 0.0631. The predicted octanol–water partition coefficient (Wildman–Crippen LogP) is 2.64. The van der Waals surface area contributed by atoms with E-state index in [9.17, 15) is 18.3 Å². The molecule has 0 radical (unpaired) electrons. The van der Waals surface area contributed by atoms with Gasteiger partial charge in [0.15, 0.2) is 5.75 Å². The largest absolute Gasteiger partial charge is 0.508 e. The van der Waals surface area contributed by atoms with Gasteiger partial charge >= 0.3 is 0 Å². The van der Waals surface area contributed by atoms with E-state index in [4.69, 9.17) is 4.74 Å². The third-order valence-electron chi connectivity index (χ3n) is 3.84. The van der Waals surface area contributed by atoms with Crippen LogP contribution in [0.4, 0.5) is 11.6 Å². The van der Waals surface area contributed by atoms with Gasteiger partial charge in [-0.25, -0.2) is 23.1 Å². The maximum atomic E-state index is 12.4. The number of rotatable bonds is 7. The van der Waals surface area contributed by atoms with Gasteiger partial charge in [0.1, 0.15) is 5.75 Å². The molecule has 0 spiro atoms. The van der Waals surface area contributed by atoms with Gasteiger partial charge in [-0.3, -0.25) is 4.79 Å². The molecule has 9 nitrogen and oxygen atoms in total. The molecule has 3 rings (SSSR count). The highest BCUT2D eigenvalue weighted by molar-refractivity contribution is 7.92. The van der Waals surface area contributed by atoms with Crippen LogP contribution in [0.25, 0.3) is 6.08 Å². The fourth-order valence-corrected chi connectivity index (χ4v) is 3.27. The Bertz CT molecular complexity index is 1140. The van der Waals surface area contributed by atoms with Crippen molar-refractivity contribution >= 4 is 33.6 Å². The first-order valence-electron chi connectivity index (χ1n) is 8.63. The topological polar surface area (TPSA) is 131 Å². The number of phenols is 1. The van der Waals surface area contributed by atoms with E-state index in [-0.39, 0.29) is 22.5 Å². The first-order chi connectivity index (χ1) is 14.4. The number of hydrogen-bond acceptors (Lipinski definition) is 7. The van der Waals surface area contributed by atoms with Crippen LogP contribution in [0.3, 0.4) is 0 Å². The summed E-state index contributed by atoms with van der Waals surface area (Å²) >= 11 is 0. The van der Waals surface area contributed by atoms with Crippen molar-refractivity contribution in [3.8, 4) is 11.5 Å². The van der Waals surface area contributed by atoms with Crippen LogP contribution in [0.2, 0.25) is 0 Å². The molecule has 0 fully saturated rings. The number of anilines is 2. The molecular formula is C20H18N4O5S. The van der Waals surface area contributed by atoms with Gasteiger partial charge in [-0.15, -0.1) is 0 Å². The molecule has 0 saturated carbocycles. The van der Waals surface area contributed by atoms with Gasteiger partial charge in [0.25, 0.3) is 10.0 Å². The molecule has 0 aliphatic rings. The number of sulfonamides is 1. The third-order valence-corrected chi connectivity index (χ3v) is 5.19. The molecule has 0 aliphatic heterocycles. The molecule has 1 heterocycles. The van der Waals surface area contributed by atoms with Gasteiger partial charge in [0, 0.05) is 11.8 Å². The summed E-state index contributed by atoms with van der Waals surface area (Å²) in [5.41, 5.74) is 1.17. The van der Waals surface area contributed by atoms with E-state index in [0.717, 1.165) is 5.56 Å². The Hall–Kier alpha value is -3.92. The summed E-state index contributed by atoms with van der Waals surface area (Å²) in [6.07, 6.45) is 5.61. The zero-order valence-electron chi connectivity index (χ0n) is 15.8. The van der Waals surface area contributed by atoms with Crippen LogP contribution in [0.15, 0.2) is 71.9 Å². The zero-order chi connectivity index (χ0) is 21.6. The number of phenolic OH excluding ortho intramolecular Hbond substituents is 1. The molecule has 0 unspecified atom stereocenters. The van der Waals surface area contributed by atoms with Crippen LogP contribution >= 0.6 is 0 Å². The molecule has 10 heteroatoms. The highest BCUT2D eigenvalue weighted by atomic mass is 32.2. The summed E-state index contributed by atoms with van der Waals surface area (Å²) in [5, 5.41) is 11.9. The maximum absolute atomic E-state index is 12.4. The van der Waals surface area contributed by atoms with Crippen LogP contribution < -0.4 is 14.8 Å². The molecule has 2 aromatic carbocycles. The van der Waals surface area contributed by atoms with Crippen molar-refractivity contribution in [3.63, 3.8) is 0 Å². The van der Waals surface area contributed by atoms with Crippen molar-refractivity contribution in [2.24, 2.45) is 0 Å². The number of nitrogens with one attached hydrogen (secondary N) is 2. The van der Waals surface area contributed by atoms with Gasteiger partial charge < -0.3 is 15.2 Å². The Morgan fingerprint density at radius 1 is 1.03 bits per heavy atom. The molecule has 0 aliphatic carbocycles. The Balaban J connectivity index is 1.63. The first-order valence-corrected chi connectivity index (χ1v) is 10.1. The fourth-order valence-electron chi connectivity index (χ4n) is 2.31. The summed E-state index contributed by atoms with van der Waals surface area (Å²) in [7, 11) is -2.44. The Morgan fingerprint density at radius 2 is 1.67 bits per heavy atom. The normalized spacial score (nSPS) is 11.2. The number of ether oxygens (including phenoxy) is 1. The first kappa shape index (κ1) is 20.8. The number of carbonyl (C=O) groups is 1. The quantitative estimate of drug-likeness (QED) is 0.495. The number of benzene rings is 2. The molecule has 0 saturated heterocycles. The molecule has 30 heavy (non-hydrogen) atoms. The highest BCUT2D eigenvalue weighted by Gasteiger charge is 2.15. The minimum atomic E-state index is -3.89. The van der Waals surface area contributed by atoms with E-state index in [1.54, 1.807) is 18.2 Å². The number of amides is 1. The average Bonchev–Trinajstić information content (AvgIpc) is 2.74. The number of nitrogens with zero attached hydrogens (tertiary/aromatic N) is 2. The Labute approximate surface area is 173 Å². The predicted molar refractivity (Wildman–Crippen MR) is 112 cm³/mol. The van der Waals surface area contributed by atoms with E-state index < -0.39 is 10.0 Å². The second-order valence-electron chi connectivity index (χ2n) is 5.99. The molecular weight excluding hydrogens is 408 g/mol. The van der Waals surface area contributed by atoms with Crippen molar-refractivity contribution < 1.29 is 23.1 Å². The highest BCUT2D eigenvalue weighted by Crippen LogP contribution is 2.17. The van der Waals surface area contributed by atoms with Crippen LogP contribution in [0, 0.1) is 0 Å². The van der Waals surface area contributed by atoms with Crippen molar-refractivity contribution in [1.29, 1.82) is 0 Å². The standard InChI is InChI=1S/C20H18N4O5S/c1-29-17-12-21-20(22-13-17)24-30(27,28)18-9-5-15(6-10-18)23-19(26)11-4-14-2-7-16(25)8-3-14/h2-13,25H,1H3,(H,23,26)(H,21,22,24)/b11-4+. The summed E-state index contributed by atoms with van der Waals surface area (Å²) in [6, 6.07) is 12.0. The molecule has 0 atom stereocenters. The number of aromatic hydroxyl groups is 1. The lowest BCUT2D eigenvalue weighted by molar-refractivity contribution is -0.111. The number of aromatic nitrogens is 2. The van der Waals surface area contributed by atoms with Crippen molar-refractivity contribution in [2.75, 3.05) is 17.1 Å². The van der Waals surface area contributed by atoms with E-state index in [2.05, 4.69) is 20.0 Å². The monoisotopic (exact) mass is 426 g/mol. The molecule has 154 valence electrons. The SMILES string of the molecule is COc1cnc(NS(=O)(=O)c2ccc(NC(=O)/C=C/c3ccc(O)cc3)cc2)nc1. The zero-order valence-corrected chi connectivity index (χ0v) is 16.6. The van der Waals surface area contributed by atoms with Gasteiger partial charge in [-0.05, 0) is 48.0 Å². The Morgan fingerprint density at radius 3 is 2.27 bits per heavy atom. The number of hydrogen-bond donors (Lipinski definition) is 3. The Kier molecular flexibility index (Phi) is 6.28. The average molecular weight is 426 g/mol. The van der Waals surface area contributed by atoms with Gasteiger partial charge in [0.2, 0.25) is 11.9 Å². The summed E-state index contributed by atoms with van der Waals surface area (Å²) < 4.78 is 32.1. The lowest BCUT2D eigenvalue weighted by atomic mass is 10.2. The summed E-state index contributed by atoms with van der Waals surface area (Å²) in [4.78, 5) is 19.7. The van der Waals surface area contributed by atoms with Crippen molar-refractivity contribution in [2.45, 2.75) is 4.90 Å². The minimum absolute atomic E-state index is 0.0143. The number of carbonyl (C=O) groups excluding carboxylic acids is 1. The van der Waals surface area contributed by atoms with Gasteiger partial charge in [-0.2, -0.15) is 0 Å². The van der Waals surface area contributed by atoms with E-state index in [1.165, 1.54) is 62.0 Å². The molecule has 1 aromatic heterocycles. The van der Waals surface area contributed by atoms with Crippen LogP contribution in [-0.2, 0) is 14.8 Å². The van der Waals surface area contributed by atoms with Crippen molar-refractivity contribution in [3.05, 3.63) is 72.6 Å². The van der Waals surface area contributed by atoms with E-state index in [0.29, 0.717) is 11.4 Å². The maximum Gasteiger partial charge on any atom is 0.264 e. The molecule has 1 amide bonds. The second-order valence-corrected chi connectivity index (χ2v) is 7.67. The number of methoxy groups -OCH3 is 1.